The maximum absolute atomic E-state index is 13.2. The fourth-order valence-electron chi connectivity index (χ4n) is 3.20. The van der Waals surface area contributed by atoms with E-state index in [1.807, 2.05) is 11.0 Å². The zero-order chi connectivity index (χ0) is 16.1. The van der Waals surface area contributed by atoms with Crippen molar-refractivity contribution in [3.8, 4) is 0 Å². The Morgan fingerprint density at radius 2 is 2.05 bits per heavy atom. The molecule has 122 valence electrons. The molecule has 0 bridgehead atoms. The largest absolute Gasteiger partial charge is 0.341 e. The lowest BCUT2D eigenvalue weighted by Crippen LogP contribution is -2.47. The lowest BCUT2D eigenvalue weighted by atomic mass is 9.89. The fraction of sp³-hybridized carbons (Fsp3) is 0.611. The summed E-state index contributed by atoms with van der Waals surface area (Å²) < 4.78 is 13.2. The smallest absolute Gasteiger partial charge is 0.239 e. The van der Waals surface area contributed by atoms with Gasteiger partial charge >= 0.3 is 0 Å². The average molecular weight is 306 g/mol. The van der Waals surface area contributed by atoms with Crippen LogP contribution in [0.25, 0.3) is 0 Å². The molecule has 1 aromatic carbocycles. The van der Waals surface area contributed by atoms with Crippen molar-refractivity contribution in [1.29, 1.82) is 0 Å². The molecule has 1 heterocycles. The van der Waals surface area contributed by atoms with Crippen molar-refractivity contribution in [2.45, 2.75) is 45.6 Å². The molecule has 1 fully saturated rings. The number of carbonyl (C=O) groups excluding carboxylic acids is 1. The van der Waals surface area contributed by atoms with Crippen LogP contribution in [0, 0.1) is 17.7 Å². The van der Waals surface area contributed by atoms with Gasteiger partial charge in [-0.2, -0.15) is 0 Å². The normalized spacial score (nSPS) is 17.8. The topological polar surface area (TPSA) is 46.3 Å². The first kappa shape index (κ1) is 16.9. The highest BCUT2D eigenvalue weighted by molar-refractivity contribution is 5.81. The van der Waals surface area contributed by atoms with Crippen molar-refractivity contribution in [2.75, 3.05) is 13.1 Å². The predicted octanol–water partition coefficient (Wildman–Crippen LogP) is 2.98. The number of rotatable bonds is 5. The van der Waals surface area contributed by atoms with E-state index >= 15 is 0 Å². The minimum absolute atomic E-state index is 0.0814. The lowest BCUT2D eigenvalue weighted by molar-refractivity contribution is -0.134. The molecule has 0 radical (unpaired) electrons. The van der Waals surface area contributed by atoms with E-state index in [1.54, 1.807) is 12.1 Å². The predicted molar refractivity (Wildman–Crippen MR) is 86.8 cm³/mol. The van der Waals surface area contributed by atoms with Crippen LogP contribution in [0.5, 0.6) is 0 Å². The third kappa shape index (κ3) is 4.80. The number of hydrogen-bond donors (Lipinski definition) is 1. The Morgan fingerprint density at radius 3 is 2.64 bits per heavy atom. The van der Waals surface area contributed by atoms with Gasteiger partial charge in [-0.1, -0.05) is 26.0 Å². The highest BCUT2D eigenvalue weighted by atomic mass is 19.1. The summed E-state index contributed by atoms with van der Waals surface area (Å²) >= 11 is 0. The van der Waals surface area contributed by atoms with Crippen LogP contribution in [0.15, 0.2) is 24.3 Å². The van der Waals surface area contributed by atoms with Crippen molar-refractivity contribution in [3.63, 3.8) is 0 Å². The maximum Gasteiger partial charge on any atom is 0.239 e. The molecule has 1 atom stereocenters. The second-order valence-corrected chi connectivity index (χ2v) is 6.84. The van der Waals surface area contributed by atoms with Gasteiger partial charge in [0.1, 0.15) is 5.82 Å². The Hall–Kier alpha value is -1.42. The number of piperidine rings is 1. The number of benzene rings is 1. The van der Waals surface area contributed by atoms with Crippen LogP contribution in [0.3, 0.4) is 0 Å². The molecule has 0 spiro atoms. The zero-order valence-corrected chi connectivity index (χ0v) is 13.6. The molecule has 2 N–H and O–H groups in total. The molecular formula is C18H27FN2O. The second-order valence-electron chi connectivity index (χ2n) is 6.84. The third-order valence-electron chi connectivity index (χ3n) is 4.38. The van der Waals surface area contributed by atoms with Crippen molar-refractivity contribution in [2.24, 2.45) is 17.6 Å². The number of nitrogens with two attached hydrogens (primary N) is 1. The number of carbonyl (C=O) groups is 1. The number of halogens is 1. The van der Waals surface area contributed by atoms with Crippen molar-refractivity contribution in [3.05, 3.63) is 35.6 Å². The van der Waals surface area contributed by atoms with Crippen LogP contribution < -0.4 is 5.73 Å². The molecule has 22 heavy (non-hydrogen) atoms. The van der Waals surface area contributed by atoms with Gasteiger partial charge in [0.05, 0.1) is 6.04 Å². The average Bonchev–Trinajstić information content (AvgIpc) is 2.46. The molecule has 0 aliphatic carbocycles. The molecule has 3 nitrogen and oxygen atoms in total. The molecule has 0 saturated carbocycles. The minimum Gasteiger partial charge on any atom is -0.341 e. The Bertz CT molecular complexity index is 496. The summed E-state index contributed by atoms with van der Waals surface area (Å²) in [7, 11) is 0. The zero-order valence-electron chi connectivity index (χ0n) is 13.6. The molecule has 1 saturated heterocycles. The van der Waals surface area contributed by atoms with Crippen LogP contribution in [0.2, 0.25) is 0 Å². The van der Waals surface area contributed by atoms with Crippen LogP contribution >= 0.6 is 0 Å². The molecular weight excluding hydrogens is 279 g/mol. The number of hydrogen-bond acceptors (Lipinski definition) is 2. The Balaban J connectivity index is 1.81. The molecule has 1 aliphatic heterocycles. The first-order valence-corrected chi connectivity index (χ1v) is 8.24. The molecule has 1 aliphatic rings. The van der Waals surface area contributed by atoms with Crippen molar-refractivity contribution in [1.82, 2.24) is 4.90 Å². The van der Waals surface area contributed by atoms with E-state index in [9.17, 15) is 9.18 Å². The van der Waals surface area contributed by atoms with E-state index in [2.05, 4.69) is 13.8 Å². The van der Waals surface area contributed by atoms with E-state index in [0.717, 1.165) is 44.3 Å². The first-order valence-electron chi connectivity index (χ1n) is 8.24. The second kappa shape index (κ2) is 7.73. The summed E-state index contributed by atoms with van der Waals surface area (Å²) in [6.45, 7) is 5.70. The van der Waals surface area contributed by atoms with Gasteiger partial charge in [0.25, 0.3) is 0 Å². The van der Waals surface area contributed by atoms with Gasteiger partial charge in [-0.15, -0.1) is 0 Å². The van der Waals surface area contributed by atoms with Gasteiger partial charge in [-0.05, 0) is 55.2 Å². The highest BCUT2D eigenvalue weighted by Crippen LogP contribution is 2.22. The van der Waals surface area contributed by atoms with E-state index in [4.69, 9.17) is 5.73 Å². The van der Waals surface area contributed by atoms with E-state index in [1.165, 1.54) is 6.07 Å². The summed E-state index contributed by atoms with van der Waals surface area (Å²) in [6.07, 6.45) is 3.56. The monoisotopic (exact) mass is 306 g/mol. The van der Waals surface area contributed by atoms with Gasteiger partial charge in [0.15, 0.2) is 0 Å². The molecule has 1 aromatic rings. The lowest BCUT2D eigenvalue weighted by Gasteiger charge is -2.34. The van der Waals surface area contributed by atoms with Crippen LogP contribution in [-0.2, 0) is 11.2 Å². The van der Waals surface area contributed by atoms with Crippen LogP contribution in [-0.4, -0.2) is 29.9 Å². The minimum atomic E-state index is -0.375. The van der Waals surface area contributed by atoms with Gasteiger partial charge in [-0.3, -0.25) is 4.79 Å². The van der Waals surface area contributed by atoms with Gasteiger partial charge in [0, 0.05) is 13.1 Å². The fourth-order valence-corrected chi connectivity index (χ4v) is 3.20. The Morgan fingerprint density at radius 1 is 1.36 bits per heavy atom. The summed E-state index contributed by atoms with van der Waals surface area (Å²) in [5, 5.41) is 0. The molecule has 0 aromatic heterocycles. The molecule has 1 amide bonds. The molecule has 4 heteroatoms. The number of amides is 1. The summed E-state index contributed by atoms with van der Waals surface area (Å²) in [5.74, 6) is 0.860. The van der Waals surface area contributed by atoms with E-state index in [0.29, 0.717) is 11.8 Å². The highest BCUT2D eigenvalue weighted by Gasteiger charge is 2.26. The van der Waals surface area contributed by atoms with Crippen LogP contribution in [0.4, 0.5) is 4.39 Å². The first-order chi connectivity index (χ1) is 10.5. The SMILES string of the molecule is CC(C)C[C@H](N)C(=O)N1CCC(Cc2cccc(F)c2)CC1. The summed E-state index contributed by atoms with van der Waals surface area (Å²) in [5.41, 5.74) is 7.03. The van der Waals surface area contributed by atoms with Gasteiger partial charge in [0.2, 0.25) is 5.91 Å². The van der Waals surface area contributed by atoms with E-state index < -0.39 is 0 Å². The summed E-state index contributed by atoms with van der Waals surface area (Å²) in [4.78, 5) is 14.2. The number of likely N-dealkylation sites (tertiary alicyclic amines) is 1. The summed E-state index contributed by atoms with van der Waals surface area (Å²) in [6, 6.07) is 6.43. The molecule has 2 rings (SSSR count). The third-order valence-corrected chi connectivity index (χ3v) is 4.38. The number of nitrogens with zero attached hydrogens (tertiary/aromatic N) is 1. The van der Waals surface area contributed by atoms with E-state index in [-0.39, 0.29) is 17.8 Å². The van der Waals surface area contributed by atoms with Gasteiger partial charge in [-0.25, -0.2) is 4.39 Å². The standard InChI is InChI=1S/C18H27FN2O/c1-13(2)10-17(20)18(22)21-8-6-14(7-9-21)11-15-4-3-5-16(19)12-15/h3-5,12-14,17H,6-11,20H2,1-2H3/t17-/m0/s1. The van der Waals surface area contributed by atoms with Crippen molar-refractivity contribution >= 4 is 5.91 Å². The Labute approximate surface area is 132 Å². The maximum atomic E-state index is 13.2. The van der Waals surface area contributed by atoms with Crippen molar-refractivity contribution < 1.29 is 9.18 Å². The van der Waals surface area contributed by atoms with Gasteiger partial charge < -0.3 is 10.6 Å². The Kier molecular flexibility index (Phi) is 5.95. The van der Waals surface area contributed by atoms with Crippen LogP contribution in [0.1, 0.15) is 38.7 Å². The molecule has 0 unspecified atom stereocenters. The quantitative estimate of drug-likeness (QED) is 0.909.